The number of hydrogen-bond acceptors (Lipinski definition) is 3. The van der Waals surface area contributed by atoms with Gasteiger partial charge in [0, 0.05) is 24.0 Å². The van der Waals surface area contributed by atoms with Gasteiger partial charge >= 0.3 is 0 Å². The molecule has 1 aliphatic heterocycles. The smallest absolute Gasteiger partial charge is 0.0300 e. The zero-order valence-electron chi connectivity index (χ0n) is 12.4. The lowest BCUT2D eigenvalue weighted by atomic mass is 9.92. The number of piperidine rings is 1. The van der Waals surface area contributed by atoms with Crippen molar-refractivity contribution >= 4 is 11.3 Å². The van der Waals surface area contributed by atoms with Crippen LogP contribution in [0.5, 0.6) is 0 Å². The fourth-order valence-electron chi connectivity index (χ4n) is 3.04. The molecule has 1 aromatic heterocycles. The number of hydrogen-bond donors (Lipinski definition) is 1. The van der Waals surface area contributed by atoms with E-state index in [0.717, 1.165) is 19.0 Å². The molecule has 2 nitrogen and oxygen atoms in total. The Kier molecular flexibility index (Phi) is 6.35. The molecule has 0 aromatic carbocycles. The second-order valence-corrected chi connectivity index (χ2v) is 6.86. The van der Waals surface area contributed by atoms with E-state index in [2.05, 4.69) is 41.6 Å². The molecule has 108 valence electrons. The van der Waals surface area contributed by atoms with Crippen LogP contribution in [-0.4, -0.2) is 30.6 Å². The van der Waals surface area contributed by atoms with Crippen LogP contribution in [0.25, 0.3) is 0 Å². The van der Waals surface area contributed by atoms with Crippen LogP contribution in [0.15, 0.2) is 17.5 Å². The van der Waals surface area contributed by atoms with E-state index in [0.29, 0.717) is 6.04 Å². The normalized spacial score (nSPS) is 19.7. The molecule has 1 saturated heterocycles. The number of nitrogens with zero attached hydrogens (tertiary/aromatic N) is 1. The highest BCUT2D eigenvalue weighted by atomic mass is 32.1. The quantitative estimate of drug-likeness (QED) is 0.818. The maximum atomic E-state index is 3.59. The monoisotopic (exact) mass is 280 g/mol. The third-order valence-electron chi connectivity index (χ3n) is 4.29. The molecule has 1 N–H and O–H groups in total. The zero-order valence-corrected chi connectivity index (χ0v) is 13.2. The molecule has 1 aromatic rings. The molecule has 1 aliphatic rings. The fraction of sp³-hybridized carbons (Fsp3) is 0.750. The summed E-state index contributed by atoms with van der Waals surface area (Å²) in [4.78, 5) is 4.10. The summed E-state index contributed by atoms with van der Waals surface area (Å²) < 4.78 is 0. The molecule has 1 unspecified atom stereocenters. The molecule has 0 saturated carbocycles. The lowest BCUT2D eigenvalue weighted by molar-refractivity contribution is 0.135. The van der Waals surface area contributed by atoms with Gasteiger partial charge in [-0.1, -0.05) is 25.8 Å². The Balaban J connectivity index is 1.62. The molecule has 0 radical (unpaired) electrons. The summed E-state index contributed by atoms with van der Waals surface area (Å²) >= 11 is 1.84. The molecule has 2 rings (SSSR count). The van der Waals surface area contributed by atoms with Crippen molar-refractivity contribution in [1.29, 1.82) is 0 Å². The summed E-state index contributed by atoms with van der Waals surface area (Å²) in [6.45, 7) is 9.40. The van der Waals surface area contributed by atoms with Gasteiger partial charge in [0.1, 0.15) is 0 Å². The molecule has 1 fully saturated rings. The van der Waals surface area contributed by atoms with Crippen LogP contribution in [0.4, 0.5) is 0 Å². The predicted molar refractivity (Wildman–Crippen MR) is 84.7 cm³/mol. The van der Waals surface area contributed by atoms with Crippen LogP contribution in [-0.2, 0) is 6.54 Å². The van der Waals surface area contributed by atoms with Gasteiger partial charge in [-0.15, -0.1) is 11.3 Å². The van der Waals surface area contributed by atoms with Crippen molar-refractivity contribution in [3.63, 3.8) is 0 Å². The second kappa shape index (κ2) is 8.03. The second-order valence-electron chi connectivity index (χ2n) is 5.83. The molecule has 2 heterocycles. The standard InChI is InChI=1S/C16H28N2S/c1-3-5-15-7-9-18(10-8-15)14(2)12-17-13-16-6-4-11-19-16/h4,6,11,14-15,17H,3,5,7-10,12-13H2,1-2H3. The highest BCUT2D eigenvalue weighted by Gasteiger charge is 2.21. The van der Waals surface area contributed by atoms with Gasteiger partial charge < -0.3 is 5.32 Å². The van der Waals surface area contributed by atoms with Crippen LogP contribution < -0.4 is 5.32 Å². The number of likely N-dealkylation sites (tertiary alicyclic amines) is 1. The van der Waals surface area contributed by atoms with E-state index in [1.54, 1.807) is 0 Å². The Labute approximate surface area is 122 Å². The van der Waals surface area contributed by atoms with Gasteiger partial charge in [0.2, 0.25) is 0 Å². The third-order valence-corrected chi connectivity index (χ3v) is 5.16. The van der Waals surface area contributed by atoms with Crippen LogP contribution >= 0.6 is 11.3 Å². The van der Waals surface area contributed by atoms with E-state index in [4.69, 9.17) is 0 Å². The average Bonchev–Trinajstić information content (AvgIpc) is 2.93. The first kappa shape index (κ1) is 15.0. The molecule has 0 aliphatic carbocycles. The molecule has 3 heteroatoms. The summed E-state index contributed by atoms with van der Waals surface area (Å²) in [6.07, 6.45) is 5.59. The van der Waals surface area contributed by atoms with E-state index in [1.165, 1.54) is 43.6 Å². The Hall–Kier alpha value is -0.380. The largest absolute Gasteiger partial charge is 0.310 e. The van der Waals surface area contributed by atoms with Crippen LogP contribution in [0, 0.1) is 5.92 Å². The van der Waals surface area contributed by atoms with E-state index in [9.17, 15) is 0 Å². The first-order valence-corrected chi connectivity index (χ1v) is 8.64. The minimum absolute atomic E-state index is 0.669. The van der Waals surface area contributed by atoms with Crippen molar-refractivity contribution in [2.24, 2.45) is 5.92 Å². The number of nitrogens with one attached hydrogen (secondary N) is 1. The zero-order chi connectivity index (χ0) is 13.5. The van der Waals surface area contributed by atoms with Crippen molar-refractivity contribution in [3.8, 4) is 0 Å². The Bertz CT molecular complexity index is 329. The fourth-order valence-corrected chi connectivity index (χ4v) is 3.71. The first-order chi connectivity index (χ1) is 9.29. The summed E-state index contributed by atoms with van der Waals surface area (Å²) in [5.41, 5.74) is 0. The summed E-state index contributed by atoms with van der Waals surface area (Å²) in [7, 11) is 0. The molecular formula is C16H28N2S. The van der Waals surface area contributed by atoms with Crippen molar-refractivity contribution in [3.05, 3.63) is 22.4 Å². The van der Waals surface area contributed by atoms with Gasteiger partial charge in [0.25, 0.3) is 0 Å². The lowest BCUT2D eigenvalue weighted by Crippen LogP contribution is -2.44. The Morgan fingerprint density at radius 1 is 1.42 bits per heavy atom. The summed E-state index contributed by atoms with van der Waals surface area (Å²) in [5.74, 6) is 0.993. The summed E-state index contributed by atoms with van der Waals surface area (Å²) in [5, 5.41) is 5.74. The number of rotatable bonds is 7. The predicted octanol–water partition coefficient (Wildman–Crippen LogP) is 3.74. The first-order valence-electron chi connectivity index (χ1n) is 7.76. The topological polar surface area (TPSA) is 15.3 Å². The highest BCUT2D eigenvalue weighted by molar-refractivity contribution is 7.09. The van der Waals surface area contributed by atoms with Crippen molar-refractivity contribution in [2.45, 2.75) is 52.1 Å². The van der Waals surface area contributed by atoms with Gasteiger partial charge in [0.15, 0.2) is 0 Å². The average molecular weight is 280 g/mol. The minimum Gasteiger partial charge on any atom is -0.310 e. The number of thiophene rings is 1. The van der Waals surface area contributed by atoms with Crippen molar-refractivity contribution in [1.82, 2.24) is 10.2 Å². The third kappa shape index (κ3) is 4.90. The van der Waals surface area contributed by atoms with Crippen LogP contribution in [0.3, 0.4) is 0 Å². The van der Waals surface area contributed by atoms with Gasteiger partial charge in [0.05, 0.1) is 0 Å². The highest BCUT2D eigenvalue weighted by Crippen LogP contribution is 2.22. The van der Waals surface area contributed by atoms with Gasteiger partial charge in [-0.3, -0.25) is 4.90 Å². The molecule has 1 atom stereocenters. The van der Waals surface area contributed by atoms with Crippen LogP contribution in [0.2, 0.25) is 0 Å². The lowest BCUT2D eigenvalue weighted by Gasteiger charge is -2.36. The summed E-state index contributed by atoms with van der Waals surface area (Å²) in [6, 6.07) is 5.00. The van der Waals surface area contributed by atoms with Crippen molar-refractivity contribution < 1.29 is 0 Å². The van der Waals surface area contributed by atoms with Gasteiger partial charge in [-0.05, 0) is 50.2 Å². The van der Waals surface area contributed by atoms with E-state index in [-0.39, 0.29) is 0 Å². The van der Waals surface area contributed by atoms with E-state index < -0.39 is 0 Å². The Morgan fingerprint density at radius 2 is 2.21 bits per heavy atom. The SMILES string of the molecule is CCCC1CCN(C(C)CNCc2cccs2)CC1. The van der Waals surface area contributed by atoms with Gasteiger partial charge in [-0.25, -0.2) is 0 Å². The van der Waals surface area contributed by atoms with Gasteiger partial charge in [-0.2, -0.15) is 0 Å². The molecule has 0 bridgehead atoms. The maximum Gasteiger partial charge on any atom is 0.0300 e. The Morgan fingerprint density at radius 3 is 2.84 bits per heavy atom. The molecular weight excluding hydrogens is 252 g/mol. The van der Waals surface area contributed by atoms with E-state index >= 15 is 0 Å². The molecule has 0 amide bonds. The minimum atomic E-state index is 0.669. The van der Waals surface area contributed by atoms with Crippen LogP contribution in [0.1, 0.15) is 44.4 Å². The molecule has 19 heavy (non-hydrogen) atoms. The molecule has 0 spiro atoms. The van der Waals surface area contributed by atoms with E-state index in [1.807, 2.05) is 11.3 Å². The maximum absolute atomic E-state index is 3.59. The van der Waals surface area contributed by atoms with Crippen molar-refractivity contribution in [2.75, 3.05) is 19.6 Å².